The summed E-state index contributed by atoms with van der Waals surface area (Å²) >= 11 is 6.36. The van der Waals surface area contributed by atoms with Gasteiger partial charge >= 0.3 is 0 Å². The molecule has 0 fully saturated rings. The van der Waals surface area contributed by atoms with Gasteiger partial charge in [-0.25, -0.2) is 4.98 Å². The topological polar surface area (TPSA) is 34.1 Å². The number of hydrogen-bond acceptors (Lipinski definition) is 3. The third-order valence-electron chi connectivity index (χ3n) is 3.56. The second kappa shape index (κ2) is 6.24. The SMILES string of the molecule is COc1ccc2nc(NCc3ccc(C)cc3)cc(Cl)c2c1. The van der Waals surface area contributed by atoms with Gasteiger partial charge in [-0.3, -0.25) is 0 Å². The molecule has 0 unspecified atom stereocenters. The predicted molar refractivity (Wildman–Crippen MR) is 91.8 cm³/mol. The van der Waals surface area contributed by atoms with Crippen molar-refractivity contribution in [3.63, 3.8) is 0 Å². The van der Waals surface area contributed by atoms with Crippen LogP contribution in [0.15, 0.2) is 48.5 Å². The lowest BCUT2D eigenvalue weighted by Crippen LogP contribution is -2.01. The molecule has 3 aromatic rings. The van der Waals surface area contributed by atoms with Crippen LogP contribution in [-0.2, 0) is 6.54 Å². The maximum Gasteiger partial charge on any atom is 0.128 e. The molecule has 1 N–H and O–H groups in total. The number of anilines is 1. The molecule has 22 heavy (non-hydrogen) atoms. The van der Waals surface area contributed by atoms with Crippen molar-refractivity contribution < 1.29 is 4.74 Å². The largest absolute Gasteiger partial charge is 0.497 e. The molecule has 0 bridgehead atoms. The normalized spacial score (nSPS) is 10.7. The summed E-state index contributed by atoms with van der Waals surface area (Å²) in [6.07, 6.45) is 0. The minimum atomic E-state index is 0.662. The van der Waals surface area contributed by atoms with E-state index in [0.29, 0.717) is 11.6 Å². The third-order valence-corrected chi connectivity index (χ3v) is 3.87. The lowest BCUT2D eigenvalue weighted by molar-refractivity contribution is 0.415. The average Bonchev–Trinajstić information content (AvgIpc) is 2.54. The molecule has 3 nitrogen and oxygen atoms in total. The van der Waals surface area contributed by atoms with Gasteiger partial charge in [0.2, 0.25) is 0 Å². The van der Waals surface area contributed by atoms with Crippen molar-refractivity contribution >= 4 is 28.3 Å². The van der Waals surface area contributed by atoms with Gasteiger partial charge in [-0.15, -0.1) is 0 Å². The predicted octanol–water partition coefficient (Wildman–Crippen LogP) is 4.82. The Morgan fingerprint density at radius 1 is 1.09 bits per heavy atom. The molecule has 0 aliphatic rings. The Bertz CT molecular complexity index is 800. The standard InChI is InChI=1S/C18H17ClN2O/c1-12-3-5-13(6-4-12)11-20-18-10-16(19)15-9-14(22-2)7-8-17(15)21-18/h3-10H,11H2,1-2H3,(H,20,21). The first kappa shape index (κ1) is 14.7. The number of pyridine rings is 1. The maximum atomic E-state index is 6.36. The van der Waals surface area contributed by atoms with Crippen LogP contribution in [0.4, 0.5) is 5.82 Å². The molecule has 112 valence electrons. The van der Waals surface area contributed by atoms with E-state index in [1.165, 1.54) is 11.1 Å². The third kappa shape index (κ3) is 3.15. The molecular formula is C18H17ClN2O. The summed E-state index contributed by atoms with van der Waals surface area (Å²) in [5.74, 6) is 1.54. The van der Waals surface area contributed by atoms with Crippen molar-refractivity contribution in [2.45, 2.75) is 13.5 Å². The highest BCUT2D eigenvalue weighted by atomic mass is 35.5. The first-order valence-corrected chi connectivity index (χ1v) is 7.47. The number of aromatic nitrogens is 1. The van der Waals surface area contributed by atoms with Crippen LogP contribution >= 0.6 is 11.6 Å². The monoisotopic (exact) mass is 312 g/mol. The minimum Gasteiger partial charge on any atom is -0.497 e. The minimum absolute atomic E-state index is 0.662. The number of rotatable bonds is 4. The molecule has 1 heterocycles. The zero-order valence-electron chi connectivity index (χ0n) is 12.6. The Balaban J connectivity index is 1.83. The number of benzene rings is 2. The molecule has 0 saturated heterocycles. The number of nitrogens with one attached hydrogen (secondary N) is 1. The summed E-state index contributed by atoms with van der Waals surface area (Å²) in [7, 11) is 1.64. The molecule has 0 aliphatic carbocycles. The van der Waals surface area contributed by atoms with Crippen molar-refractivity contribution in [1.29, 1.82) is 0 Å². The number of aryl methyl sites for hydroxylation is 1. The molecular weight excluding hydrogens is 296 g/mol. The van der Waals surface area contributed by atoms with Crippen LogP contribution in [0, 0.1) is 6.92 Å². The fraction of sp³-hybridized carbons (Fsp3) is 0.167. The Labute approximate surface area is 134 Å². The summed E-state index contributed by atoms with van der Waals surface area (Å²) in [5, 5.41) is 4.87. The van der Waals surface area contributed by atoms with Crippen LogP contribution in [0.1, 0.15) is 11.1 Å². The van der Waals surface area contributed by atoms with Crippen LogP contribution < -0.4 is 10.1 Å². The van der Waals surface area contributed by atoms with Crippen molar-refractivity contribution in [3.05, 3.63) is 64.7 Å². The molecule has 0 atom stereocenters. The van der Waals surface area contributed by atoms with E-state index in [0.717, 1.165) is 22.5 Å². The van der Waals surface area contributed by atoms with Gasteiger partial charge in [0.1, 0.15) is 11.6 Å². The van der Waals surface area contributed by atoms with E-state index in [1.54, 1.807) is 7.11 Å². The van der Waals surface area contributed by atoms with E-state index in [-0.39, 0.29) is 0 Å². The van der Waals surface area contributed by atoms with Gasteiger partial charge < -0.3 is 10.1 Å². The average molecular weight is 313 g/mol. The Morgan fingerprint density at radius 2 is 1.86 bits per heavy atom. The molecule has 0 radical (unpaired) electrons. The number of fused-ring (bicyclic) bond motifs is 1. The zero-order valence-corrected chi connectivity index (χ0v) is 13.3. The second-order valence-corrected chi connectivity index (χ2v) is 5.62. The molecule has 3 rings (SSSR count). The van der Waals surface area contributed by atoms with E-state index in [4.69, 9.17) is 16.3 Å². The van der Waals surface area contributed by atoms with Crippen LogP contribution in [0.25, 0.3) is 10.9 Å². The number of halogens is 1. The number of hydrogen-bond donors (Lipinski definition) is 1. The Kier molecular flexibility index (Phi) is 4.16. The van der Waals surface area contributed by atoms with E-state index in [2.05, 4.69) is 41.5 Å². The smallest absolute Gasteiger partial charge is 0.128 e. The van der Waals surface area contributed by atoms with Crippen LogP contribution in [0.2, 0.25) is 5.02 Å². The number of nitrogens with zero attached hydrogens (tertiary/aromatic N) is 1. The molecule has 0 aliphatic heterocycles. The van der Waals surface area contributed by atoms with Crippen molar-refractivity contribution in [2.24, 2.45) is 0 Å². The van der Waals surface area contributed by atoms with Gasteiger partial charge in [-0.2, -0.15) is 0 Å². The van der Waals surface area contributed by atoms with Gasteiger partial charge in [-0.1, -0.05) is 41.4 Å². The van der Waals surface area contributed by atoms with Gasteiger partial charge in [0.15, 0.2) is 0 Å². The lowest BCUT2D eigenvalue weighted by Gasteiger charge is -2.09. The van der Waals surface area contributed by atoms with E-state index in [1.807, 2.05) is 24.3 Å². The van der Waals surface area contributed by atoms with Crippen molar-refractivity contribution in [2.75, 3.05) is 12.4 Å². The summed E-state index contributed by atoms with van der Waals surface area (Å²) in [6, 6.07) is 16.0. The zero-order chi connectivity index (χ0) is 15.5. The lowest BCUT2D eigenvalue weighted by atomic mass is 10.1. The van der Waals surface area contributed by atoms with E-state index in [9.17, 15) is 0 Å². The highest BCUT2D eigenvalue weighted by Crippen LogP contribution is 2.28. The molecule has 1 aromatic heterocycles. The first-order valence-electron chi connectivity index (χ1n) is 7.09. The summed E-state index contributed by atoms with van der Waals surface area (Å²) in [5.41, 5.74) is 3.31. The number of methoxy groups -OCH3 is 1. The summed E-state index contributed by atoms with van der Waals surface area (Å²) in [6.45, 7) is 2.79. The number of ether oxygens (including phenoxy) is 1. The van der Waals surface area contributed by atoms with E-state index < -0.39 is 0 Å². The van der Waals surface area contributed by atoms with E-state index >= 15 is 0 Å². The molecule has 2 aromatic carbocycles. The summed E-state index contributed by atoms with van der Waals surface area (Å²) in [4.78, 5) is 4.59. The maximum absolute atomic E-state index is 6.36. The van der Waals surface area contributed by atoms with Gasteiger partial charge in [0.05, 0.1) is 17.6 Å². The highest BCUT2D eigenvalue weighted by molar-refractivity contribution is 6.35. The van der Waals surface area contributed by atoms with Crippen LogP contribution in [-0.4, -0.2) is 12.1 Å². The van der Waals surface area contributed by atoms with Crippen LogP contribution in [0.3, 0.4) is 0 Å². The first-order chi connectivity index (χ1) is 10.7. The molecule has 4 heteroatoms. The second-order valence-electron chi connectivity index (χ2n) is 5.21. The van der Waals surface area contributed by atoms with Gasteiger partial charge in [0.25, 0.3) is 0 Å². The molecule has 0 amide bonds. The molecule has 0 spiro atoms. The van der Waals surface area contributed by atoms with Crippen molar-refractivity contribution in [3.8, 4) is 5.75 Å². The Morgan fingerprint density at radius 3 is 2.59 bits per heavy atom. The fourth-order valence-electron chi connectivity index (χ4n) is 2.28. The fourth-order valence-corrected chi connectivity index (χ4v) is 2.53. The van der Waals surface area contributed by atoms with Crippen LogP contribution in [0.5, 0.6) is 5.75 Å². The Hall–Kier alpha value is -2.26. The highest BCUT2D eigenvalue weighted by Gasteiger charge is 2.06. The van der Waals surface area contributed by atoms with Gasteiger partial charge in [-0.05, 0) is 36.8 Å². The molecule has 0 saturated carbocycles. The van der Waals surface area contributed by atoms with Crippen molar-refractivity contribution in [1.82, 2.24) is 4.98 Å². The van der Waals surface area contributed by atoms with Gasteiger partial charge in [0, 0.05) is 11.9 Å². The summed E-state index contributed by atoms with van der Waals surface area (Å²) < 4.78 is 5.22. The quantitative estimate of drug-likeness (QED) is 0.750.